The second-order valence-corrected chi connectivity index (χ2v) is 8.23. The molecule has 0 aliphatic heterocycles. The molecule has 0 saturated heterocycles. The van der Waals surface area contributed by atoms with Crippen molar-refractivity contribution in [3.8, 4) is 0 Å². The van der Waals surface area contributed by atoms with Crippen molar-refractivity contribution >= 4 is 21.2 Å². The van der Waals surface area contributed by atoms with E-state index in [9.17, 15) is 18.5 Å². The van der Waals surface area contributed by atoms with Crippen LogP contribution in [0, 0.1) is 10.1 Å². The van der Waals surface area contributed by atoms with Crippen LogP contribution in [-0.2, 0) is 22.9 Å². The van der Waals surface area contributed by atoms with Gasteiger partial charge in [0.1, 0.15) is 5.69 Å². The van der Waals surface area contributed by atoms with Crippen molar-refractivity contribution in [1.82, 2.24) is 4.90 Å². The number of hydrogen-bond donors (Lipinski definition) is 1. The van der Waals surface area contributed by atoms with E-state index in [0.717, 1.165) is 36.5 Å². The second-order valence-electron chi connectivity index (χ2n) is 6.21. The standard InChI is InChI=1S/C18H23N3O4S/c1-4-20(2)13-15-7-5-6-14(10-15)12-19-17-9-8-16(26(3,24)25)11-18(17)21(22)23/h5-11,19H,4,12-13H2,1-3H3. The predicted octanol–water partition coefficient (Wildman–Crippen LogP) is 3.06. The van der Waals surface area contributed by atoms with Crippen LogP contribution in [0.3, 0.4) is 0 Å². The van der Waals surface area contributed by atoms with Gasteiger partial charge in [0.25, 0.3) is 5.69 Å². The molecule has 2 aromatic carbocycles. The molecule has 2 aromatic rings. The Hall–Kier alpha value is -2.45. The first-order valence-electron chi connectivity index (χ1n) is 8.19. The van der Waals surface area contributed by atoms with E-state index in [0.29, 0.717) is 12.2 Å². The summed E-state index contributed by atoms with van der Waals surface area (Å²) in [6.07, 6.45) is 1.03. The zero-order chi connectivity index (χ0) is 19.3. The minimum absolute atomic E-state index is 0.0700. The van der Waals surface area contributed by atoms with Crippen molar-refractivity contribution in [3.63, 3.8) is 0 Å². The maximum absolute atomic E-state index is 11.6. The molecule has 2 rings (SSSR count). The largest absolute Gasteiger partial charge is 0.375 e. The summed E-state index contributed by atoms with van der Waals surface area (Å²) in [4.78, 5) is 12.8. The topological polar surface area (TPSA) is 92.6 Å². The lowest BCUT2D eigenvalue weighted by atomic mass is 10.1. The van der Waals surface area contributed by atoms with Crippen LogP contribution in [0.25, 0.3) is 0 Å². The van der Waals surface area contributed by atoms with Crippen LogP contribution in [-0.4, -0.2) is 38.1 Å². The van der Waals surface area contributed by atoms with Gasteiger partial charge in [-0.25, -0.2) is 8.42 Å². The van der Waals surface area contributed by atoms with Gasteiger partial charge in [0, 0.05) is 25.4 Å². The van der Waals surface area contributed by atoms with Crippen LogP contribution >= 0.6 is 0 Å². The van der Waals surface area contributed by atoms with Gasteiger partial charge in [0.15, 0.2) is 9.84 Å². The third-order valence-corrected chi connectivity index (χ3v) is 5.17. The second kappa shape index (κ2) is 8.29. The number of rotatable bonds is 8. The van der Waals surface area contributed by atoms with Crippen LogP contribution in [0.5, 0.6) is 0 Å². The Morgan fingerprint density at radius 1 is 1.15 bits per heavy atom. The van der Waals surface area contributed by atoms with Crippen LogP contribution in [0.1, 0.15) is 18.1 Å². The molecule has 0 radical (unpaired) electrons. The van der Waals surface area contributed by atoms with Gasteiger partial charge in [-0.1, -0.05) is 31.2 Å². The fourth-order valence-electron chi connectivity index (χ4n) is 2.50. The zero-order valence-electron chi connectivity index (χ0n) is 15.1. The van der Waals surface area contributed by atoms with E-state index >= 15 is 0 Å². The Labute approximate surface area is 153 Å². The molecule has 140 valence electrons. The molecule has 1 N–H and O–H groups in total. The van der Waals surface area contributed by atoms with Crippen LogP contribution < -0.4 is 5.32 Å². The minimum Gasteiger partial charge on any atom is -0.375 e. The highest BCUT2D eigenvalue weighted by Gasteiger charge is 2.18. The molecule has 26 heavy (non-hydrogen) atoms. The number of nitrogens with one attached hydrogen (secondary N) is 1. The third-order valence-electron chi connectivity index (χ3n) is 4.06. The SMILES string of the molecule is CCN(C)Cc1cccc(CNc2ccc(S(C)(=O)=O)cc2[N+](=O)[O-])c1. The highest BCUT2D eigenvalue weighted by atomic mass is 32.2. The average molecular weight is 377 g/mol. The molecule has 0 unspecified atom stereocenters. The van der Waals surface area contributed by atoms with E-state index in [1.165, 1.54) is 12.1 Å². The lowest BCUT2D eigenvalue weighted by Gasteiger charge is -2.15. The highest BCUT2D eigenvalue weighted by molar-refractivity contribution is 7.90. The molecule has 0 aliphatic carbocycles. The summed E-state index contributed by atoms with van der Waals surface area (Å²) >= 11 is 0. The third kappa shape index (κ3) is 5.27. The molecular formula is C18H23N3O4S. The van der Waals surface area contributed by atoms with Gasteiger partial charge in [0.2, 0.25) is 0 Å². The molecule has 0 heterocycles. The van der Waals surface area contributed by atoms with Crippen molar-refractivity contribution in [2.24, 2.45) is 0 Å². The number of anilines is 1. The van der Waals surface area contributed by atoms with Crippen LogP contribution in [0.15, 0.2) is 47.4 Å². The highest BCUT2D eigenvalue weighted by Crippen LogP contribution is 2.28. The first-order chi connectivity index (χ1) is 12.2. The summed E-state index contributed by atoms with van der Waals surface area (Å²) in [5, 5.41) is 14.3. The molecule has 0 aliphatic rings. The maximum atomic E-state index is 11.6. The van der Waals surface area contributed by atoms with E-state index in [4.69, 9.17) is 0 Å². The van der Waals surface area contributed by atoms with E-state index in [2.05, 4.69) is 23.2 Å². The maximum Gasteiger partial charge on any atom is 0.293 e. The smallest absolute Gasteiger partial charge is 0.293 e. The first kappa shape index (κ1) is 19.9. The summed E-state index contributed by atoms with van der Waals surface area (Å²) in [7, 11) is -1.46. The summed E-state index contributed by atoms with van der Waals surface area (Å²) in [6, 6.07) is 11.9. The number of nitro benzene ring substituents is 1. The molecule has 0 saturated carbocycles. The lowest BCUT2D eigenvalue weighted by molar-refractivity contribution is -0.384. The van der Waals surface area contributed by atoms with Gasteiger partial charge in [-0.05, 0) is 36.9 Å². The summed E-state index contributed by atoms with van der Waals surface area (Å²) < 4.78 is 23.2. The Morgan fingerprint density at radius 2 is 1.85 bits per heavy atom. The van der Waals surface area contributed by atoms with Crippen molar-refractivity contribution < 1.29 is 13.3 Å². The molecule has 0 bridgehead atoms. The lowest BCUT2D eigenvalue weighted by Crippen LogP contribution is -2.16. The van der Waals surface area contributed by atoms with Gasteiger partial charge >= 0.3 is 0 Å². The van der Waals surface area contributed by atoms with Gasteiger partial charge in [-0.2, -0.15) is 0 Å². The van der Waals surface area contributed by atoms with Gasteiger partial charge in [-0.15, -0.1) is 0 Å². The average Bonchev–Trinajstić information content (AvgIpc) is 2.59. The fraction of sp³-hybridized carbons (Fsp3) is 0.333. The van der Waals surface area contributed by atoms with Gasteiger partial charge in [-0.3, -0.25) is 10.1 Å². The Bertz CT molecular complexity index is 897. The molecule has 0 amide bonds. The number of nitro groups is 1. The number of benzene rings is 2. The monoisotopic (exact) mass is 377 g/mol. The quantitative estimate of drug-likeness (QED) is 0.561. The molecule has 0 atom stereocenters. The molecule has 0 spiro atoms. The van der Waals surface area contributed by atoms with E-state index in [1.54, 1.807) is 0 Å². The fourth-order valence-corrected chi connectivity index (χ4v) is 3.14. The molecule has 0 fully saturated rings. The number of hydrogen-bond acceptors (Lipinski definition) is 6. The summed E-state index contributed by atoms with van der Waals surface area (Å²) in [5.41, 5.74) is 2.19. The molecule has 8 heteroatoms. The van der Waals surface area contributed by atoms with E-state index in [1.807, 2.05) is 25.2 Å². The summed E-state index contributed by atoms with van der Waals surface area (Å²) in [5.74, 6) is 0. The number of nitrogens with zero attached hydrogens (tertiary/aromatic N) is 2. The minimum atomic E-state index is -3.50. The van der Waals surface area contributed by atoms with Gasteiger partial charge < -0.3 is 10.2 Å². The van der Waals surface area contributed by atoms with Crippen molar-refractivity contribution in [1.29, 1.82) is 0 Å². The van der Waals surface area contributed by atoms with Crippen molar-refractivity contribution in [3.05, 3.63) is 63.7 Å². The van der Waals surface area contributed by atoms with Crippen LogP contribution in [0.2, 0.25) is 0 Å². The Balaban J connectivity index is 2.19. The Kier molecular flexibility index (Phi) is 6.33. The summed E-state index contributed by atoms with van der Waals surface area (Å²) in [6.45, 7) is 4.27. The molecular weight excluding hydrogens is 354 g/mol. The van der Waals surface area contributed by atoms with Crippen molar-refractivity contribution in [2.75, 3.05) is 25.2 Å². The predicted molar refractivity (Wildman–Crippen MR) is 102 cm³/mol. The Morgan fingerprint density at radius 3 is 2.46 bits per heavy atom. The number of sulfone groups is 1. The van der Waals surface area contributed by atoms with E-state index < -0.39 is 14.8 Å². The molecule has 0 aromatic heterocycles. The van der Waals surface area contributed by atoms with E-state index in [-0.39, 0.29) is 10.6 Å². The van der Waals surface area contributed by atoms with Gasteiger partial charge in [0.05, 0.1) is 9.82 Å². The van der Waals surface area contributed by atoms with Crippen molar-refractivity contribution in [2.45, 2.75) is 24.9 Å². The normalized spacial score (nSPS) is 11.5. The molecule has 7 nitrogen and oxygen atoms in total. The van der Waals surface area contributed by atoms with Crippen LogP contribution in [0.4, 0.5) is 11.4 Å². The zero-order valence-corrected chi connectivity index (χ0v) is 15.9. The first-order valence-corrected chi connectivity index (χ1v) is 10.1.